The van der Waals surface area contributed by atoms with Gasteiger partial charge in [-0.25, -0.2) is 4.79 Å². The Labute approximate surface area is 133 Å². The average molecular weight is 338 g/mol. The summed E-state index contributed by atoms with van der Waals surface area (Å²) in [6, 6.07) is 3.47. The molecule has 0 saturated carbocycles. The largest absolute Gasteiger partial charge is 0.772 e. The monoisotopic (exact) mass is 338 g/mol. The van der Waals surface area contributed by atoms with Gasteiger partial charge < -0.3 is 9.29 Å². The van der Waals surface area contributed by atoms with Gasteiger partial charge in [-0.05, 0) is 18.1 Å². The number of nitro benzene ring substituents is 1. The van der Waals surface area contributed by atoms with E-state index in [9.17, 15) is 28.5 Å². The van der Waals surface area contributed by atoms with Gasteiger partial charge in [0.25, 0.3) is 5.69 Å². The highest BCUT2D eigenvalue weighted by molar-refractivity contribution is 7.78. The van der Waals surface area contributed by atoms with Gasteiger partial charge in [-0.1, -0.05) is 17.1 Å². The number of allylic oxidation sites excluding steroid dienone is 2. The lowest BCUT2D eigenvalue weighted by Crippen LogP contribution is -2.12. The van der Waals surface area contributed by atoms with Crippen molar-refractivity contribution in [3.05, 3.63) is 51.3 Å². The molecule has 0 heterocycles. The lowest BCUT2D eigenvalue weighted by atomic mass is 10.1. The predicted molar refractivity (Wildman–Crippen MR) is 78.1 cm³/mol. The van der Waals surface area contributed by atoms with Crippen molar-refractivity contribution in [3.63, 3.8) is 0 Å². The molecule has 1 aliphatic rings. The lowest BCUT2D eigenvalue weighted by molar-refractivity contribution is -0.385. The maximum Gasteiger partial charge on any atom is 0.350 e. The fraction of sp³-hybridized carbons (Fsp3) is 0.286. The molecule has 0 radical (unpaired) electrons. The van der Waals surface area contributed by atoms with Crippen LogP contribution in [0.4, 0.5) is 5.69 Å². The third kappa shape index (κ3) is 4.54. The Balaban J connectivity index is 2.27. The number of nitro groups is 1. The van der Waals surface area contributed by atoms with Crippen LogP contribution in [-0.2, 0) is 26.4 Å². The Hall–Kier alpha value is -2.39. The highest BCUT2D eigenvalue weighted by Gasteiger charge is 2.24. The molecule has 0 spiro atoms. The summed E-state index contributed by atoms with van der Waals surface area (Å²) in [5, 5.41) is 11.1. The maximum absolute atomic E-state index is 12.1. The molecular weight excluding hydrogens is 326 g/mol. The van der Waals surface area contributed by atoms with Crippen molar-refractivity contribution < 1.29 is 28.0 Å². The maximum atomic E-state index is 12.1. The lowest BCUT2D eigenvalue weighted by Gasteiger charge is -2.12. The van der Waals surface area contributed by atoms with E-state index in [1.807, 2.05) is 0 Å². The molecule has 0 bridgehead atoms. The van der Waals surface area contributed by atoms with E-state index in [0.717, 1.165) is 12.1 Å². The molecule has 8 nitrogen and oxygen atoms in total. The van der Waals surface area contributed by atoms with Crippen molar-refractivity contribution in [2.24, 2.45) is 0 Å². The highest BCUT2D eigenvalue weighted by Crippen LogP contribution is 2.24. The van der Waals surface area contributed by atoms with Gasteiger partial charge in [-0.3, -0.25) is 19.1 Å². The quantitative estimate of drug-likeness (QED) is 0.346. The molecule has 1 unspecified atom stereocenters. The van der Waals surface area contributed by atoms with Crippen LogP contribution in [0.3, 0.4) is 0 Å². The summed E-state index contributed by atoms with van der Waals surface area (Å²) in [6.07, 6.45) is 2.54. The van der Waals surface area contributed by atoms with Crippen LogP contribution < -0.4 is 0 Å². The summed E-state index contributed by atoms with van der Waals surface area (Å²) >= 11 is -2.40. The second-order valence-electron chi connectivity index (χ2n) is 4.88. The summed E-state index contributed by atoms with van der Waals surface area (Å²) in [6.45, 7) is 0. The van der Waals surface area contributed by atoms with Gasteiger partial charge in [-0.2, -0.15) is 0 Å². The molecule has 122 valence electrons. The first-order valence-electron chi connectivity index (χ1n) is 6.65. The Morgan fingerprint density at radius 1 is 1.35 bits per heavy atom. The summed E-state index contributed by atoms with van der Waals surface area (Å²) in [4.78, 5) is 33.7. The molecule has 1 aromatic rings. The molecule has 2 rings (SSSR count). The normalized spacial score (nSPS) is 15.7. The van der Waals surface area contributed by atoms with E-state index >= 15 is 0 Å². The minimum absolute atomic E-state index is 0.165. The van der Waals surface area contributed by atoms with Gasteiger partial charge in [0.2, 0.25) is 0 Å². The molecule has 0 fully saturated rings. The van der Waals surface area contributed by atoms with Crippen LogP contribution in [0.1, 0.15) is 35.2 Å². The summed E-state index contributed by atoms with van der Waals surface area (Å²) < 4.78 is 26.4. The van der Waals surface area contributed by atoms with Crippen LogP contribution in [0, 0.1) is 10.1 Å². The number of carbonyl (C=O) groups is 2. The number of ketones is 1. The van der Waals surface area contributed by atoms with Crippen molar-refractivity contribution in [2.45, 2.75) is 25.0 Å². The van der Waals surface area contributed by atoms with Gasteiger partial charge in [0.15, 0.2) is 5.78 Å². The van der Waals surface area contributed by atoms with Gasteiger partial charge >= 0.3 is 5.97 Å². The summed E-state index contributed by atoms with van der Waals surface area (Å²) in [7, 11) is 0. The van der Waals surface area contributed by atoms with Gasteiger partial charge in [0, 0.05) is 30.7 Å². The standard InChI is InChI=1S/C14H13NO7S/c16-10-2-1-3-11(7-10)22-14(17)12-5-4-9(8-23(20)21)6-13(12)15(18)19/h4-7H,1-3,8H2,(H,20,21)/p-1. The topological polar surface area (TPSA) is 127 Å². The molecular formula is C14H12NO7S-. The molecule has 0 aromatic heterocycles. The molecule has 0 N–H and O–H groups in total. The molecule has 1 aliphatic carbocycles. The smallest absolute Gasteiger partial charge is 0.350 e. The summed E-state index contributed by atoms with van der Waals surface area (Å²) in [5.41, 5.74) is -0.649. The number of benzene rings is 1. The van der Waals surface area contributed by atoms with E-state index in [2.05, 4.69) is 0 Å². The van der Waals surface area contributed by atoms with Crippen molar-refractivity contribution >= 4 is 28.5 Å². The number of hydrogen-bond donors (Lipinski definition) is 0. The first kappa shape index (κ1) is 17.0. The van der Waals surface area contributed by atoms with Crippen molar-refractivity contribution in [3.8, 4) is 0 Å². The van der Waals surface area contributed by atoms with Crippen LogP contribution in [0.15, 0.2) is 30.0 Å². The molecule has 9 heteroatoms. The fourth-order valence-electron chi connectivity index (χ4n) is 2.14. The van der Waals surface area contributed by atoms with Crippen LogP contribution >= 0.6 is 0 Å². The van der Waals surface area contributed by atoms with Crippen molar-refractivity contribution in [1.29, 1.82) is 0 Å². The number of hydrogen-bond acceptors (Lipinski definition) is 7. The Bertz CT molecular complexity index is 726. The minimum atomic E-state index is -2.40. The van der Waals surface area contributed by atoms with Crippen LogP contribution in [0.2, 0.25) is 0 Å². The molecule has 0 aliphatic heterocycles. The van der Waals surface area contributed by atoms with E-state index < -0.39 is 33.4 Å². The van der Waals surface area contributed by atoms with Gasteiger partial charge in [-0.15, -0.1) is 0 Å². The van der Waals surface area contributed by atoms with Gasteiger partial charge in [0.1, 0.15) is 11.3 Å². The van der Waals surface area contributed by atoms with E-state index in [-0.39, 0.29) is 22.7 Å². The molecule has 1 atom stereocenters. The Morgan fingerprint density at radius 2 is 2.09 bits per heavy atom. The summed E-state index contributed by atoms with van der Waals surface area (Å²) in [5.74, 6) is -1.34. The first-order valence-corrected chi connectivity index (χ1v) is 7.90. The fourth-order valence-corrected chi connectivity index (χ4v) is 2.59. The Morgan fingerprint density at radius 3 is 2.70 bits per heavy atom. The highest BCUT2D eigenvalue weighted by atomic mass is 32.2. The predicted octanol–water partition coefficient (Wildman–Crippen LogP) is 1.77. The van der Waals surface area contributed by atoms with Crippen LogP contribution in [0.25, 0.3) is 0 Å². The van der Waals surface area contributed by atoms with E-state index in [1.165, 1.54) is 12.1 Å². The number of ether oxygens (including phenoxy) is 1. The number of nitrogens with zero attached hydrogens (tertiary/aromatic N) is 1. The SMILES string of the molecule is O=C1C=C(OC(=O)c2ccc(CS(=O)[O-])cc2[N+](=O)[O-])CCC1. The van der Waals surface area contributed by atoms with Gasteiger partial charge in [0.05, 0.1) is 4.92 Å². The molecule has 23 heavy (non-hydrogen) atoms. The first-order chi connectivity index (χ1) is 10.9. The number of rotatable bonds is 5. The second-order valence-corrected chi connectivity index (χ2v) is 5.77. The van der Waals surface area contributed by atoms with Crippen LogP contribution in [-0.4, -0.2) is 25.4 Å². The number of esters is 1. The Kier molecular flexibility index (Phi) is 5.35. The van der Waals surface area contributed by atoms with Crippen molar-refractivity contribution in [1.82, 2.24) is 0 Å². The van der Waals surface area contributed by atoms with E-state index in [1.54, 1.807) is 0 Å². The van der Waals surface area contributed by atoms with E-state index in [0.29, 0.717) is 19.3 Å². The number of carbonyl (C=O) groups excluding carboxylic acids is 2. The zero-order valence-corrected chi connectivity index (χ0v) is 12.7. The molecule has 1 aromatic carbocycles. The zero-order chi connectivity index (χ0) is 17.0. The van der Waals surface area contributed by atoms with Crippen molar-refractivity contribution in [2.75, 3.05) is 0 Å². The third-order valence-electron chi connectivity index (χ3n) is 3.16. The zero-order valence-electron chi connectivity index (χ0n) is 11.9. The molecule has 0 amide bonds. The second kappa shape index (κ2) is 7.25. The third-order valence-corrected chi connectivity index (χ3v) is 3.72. The van der Waals surface area contributed by atoms with Crippen LogP contribution in [0.5, 0.6) is 0 Å². The minimum Gasteiger partial charge on any atom is -0.772 e. The van der Waals surface area contributed by atoms with E-state index in [4.69, 9.17) is 4.74 Å². The molecule has 0 saturated heterocycles. The average Bonchev–Trinajstić information content (AvgIpc) is 2.46.